The lowest BCUT2D eigenvalue weighted by molar-refractivity contribution is 0.312. The molecule has 1 heterocycles. The van der Waals surface area contributed by atoms with Crippen LogP contribution in [0.4, 0.5) is 0 Å². The van der Waals surface area contributed by atoms with E-state index in [9.17, 15) is 0 Å². The van der Waals surface area contributed by atoms with Gasteiger partial charge in [0.25, 0.3) is 0 Å². The van der Waals surface area contributed by atoms with Gasteiger partial charge < -0.3 is 20.4 Å². The predicted molar refractivity (Wildman–Crippen MR) is 49.8 cm³/mol. The van der Waals surface area contributed by atoms with E-state index < -0.39 is 0 Å². The molecule has 0 radical (unpaired) electrons. The number of nitrogens with one attached hydrogen (secondary N) is 1. The fourth-order valence-corrected chi connectivity index (χ4v) is 0.923. The minimum absolute atomic E-state index is 0.104. The Morgan fingerprint density at radius 3 is 2.29 bits per heavy atom. The lowest BCUT2D eigenvalue weighted by Gasteiger charge is -2.05. The third kappa shape index (κ3) is 1.98. The summed E-state index contributed by atoms with van der Waals surface area (Å²) in [6.45, 7) is 1.50. The van der Waals surface area contributed by atoms with E-state index in [0.717, 1.165) is 0 Å². The largest absolute Gasteiger partial charge is 0.411 e. The molecular formula is C8H10N4O2. The third-order valence-electron chi connectivity index (χ3n) is 1.64. The molecule has 0 atom stereocenters. The zero-order valence-corrected chi connectivity index (χ0v) is 7.55. The standard InChI is InChI=1S/C8H10N4O2/c1-6(10-13)8(11-14)12-4-2-7(9)3-5-12/h2-5,9,13-14H,1H3/b10-6+,11-8+. The van der Waals surface area contributed by atoms with Crippen molar-refractivity contribution in [2.45, 2.75) is 6.92 Å². The van der Waals surface area contributed by atoms with Crippen molar-refractivity contribution in [3.05, 3.63) is 29.9 Å². The van der Waals surface area contributed by atoms with Crippen molar-refractivity contribution in [1.29, 1.82) is 5.41 Å². The second-order valence-electron chi connectivity index (χ2n) is 2.60. The Labute approximate surface area is 79.9 Å². The van der Waals surface area contributed by atoms with Crippen molar-refractivity contribution in [3.63, 3.8) is 0 Å². The van der Waals surface area contributed by atoms with Crippen molar-refractivity contribution in [3.8, 4) is 0 Å². The number of pyridine rings is 1. The molecule has 1 aromatic rings. The summed E-state index contributed by atoms with van der Waals surface area (Å²) in [6, 6.07) is 3.05. The van der Waals surface area contributed by atoms with Crippen LogP contribution in [0, 0.1) is 5.41 Å². The van der Waals surface area contributed by atoms with Gasteiger partial charge in [-0.25, -0.2) is 0 Å². The number of hydrogen-bond donors (Lipinski definition) is 3. The van der Waals surface area contributed by atoms with Crippen molar-refractivity contribution < 1.29 is 10.4 Å². The number of oxime groups is 2. The highest BCUT2D eigenvalue weighted by atomic mass is 16.4. The molecule has 0 spiro atoms. The van der Waals surface area contributed by atoms with Gasteiger partial charge in [-0.15, -0.1) is 0 Å². The Balaban J connectivity index is 3.15. The molecule has 14 heavy (non-hydrogen) atoms. The van der Waals surface area contributed by atoms with E-state index in [1.54, 1.807) is 0 Å². The Morgan fingerprint density at radius 2 is 1.86 bits per heavy atom. The second kappa shape index (κ2) is 4.22. The van der Waals surface area contributed by atoms with E-state index in [4.69, 9.17) is 15.8 Å². The van der Waals surface area contributed by atoms with E-state index in [1.165, 1.54) is 36.0 Å². The Bertz CT molecular complexity index is 413. The average molecular weight is 194 g/mol. The van der Waals surface area contributed by atoms with Crippen LogP contribution in [0.15, 0.2) is 34.8 Å². The van der Waals surface area contributed by atoms with E-state index >= 15 is 0 Å². The predicted octanol–water partition coefficient (Wildman–Crippen LogP) is 0.453. The maximum atomic E-state index is 8.68. The minimum atomic E-state index is 0.104. The Kier molecular flexibility index (Phi) is 3.01. The smallest absolute Gasteiger partial charge is 0.200 e. The van der Waals surface area contributed by atoms with Gasteiger partial charge in [0.15, 0.2) is 0 Å². The van der Waals surface area contributed by atoms with Gasteiger partial charge in [-0.1, -0.05) is 10.3 Å². The molecule has 0 bridgehead atoms. The average Bonchev–Trinajstić information content (AvgIpc) is 2.21. The molecule has 6 heteroatoms. The molecule has 0 fully saturated rings. The molecule has 0 aliphatic heterocycles. The lowest BCUT2D eigenvalue weighted by Crippen LogP contribution is -2.21. The van der Waals surface area contributed by atoms with Gasteiger partial charge in [-0.2, -0.15) is 0 Å². The van der Waals surface area contributed by atoms with Crippen molar-refractivity contribution in [1.82, 2.24) is 4.57 Å². The van der Waals surface area contributed by atoms with Gasteiger partial charge in [-0.05, 0) is 19.1 Å². The topological polar surface area (TPSA) is 94.0 Å². The molecule has 1 rings (SSSR count). The van der Waals surface area contributed by atoms with Crippen LogP contribution < -0.4 is 5.36 Å². The van der Waals surface area contributed by atoms with Gasteiger partial charge in [-0.3, -0.25) is 0 Å². The first-order valence-corrected chi connectivity index (χ1v) is 3.83. The fraction of sp³-hybridized carbons (Fsp3) is 0.125. The molecule has 0 saturated heterocycles. The number of hydrogen-bond acceptors (Lipinski definition) is 5. The minimum Gasteiger partial charge on any atom is -0.411 e. The SMILES string of the molecule is CC(=N\O)/C(=N\O)n1ccc(=N)cc1. The molecule has 0 saturated carbocycles. The highest BCUT2D eigenvalue weighted by Gasteiger charge is 2.05. The first-order valence-electron chi connectivity index (χ1n) is 3.83. The van der Waals surface area contributed by atoms with Gasteiger partial charge in [0.2, 0.25) is 5.84 Å². The molecule has 1 aromatic heterocycles. The van der Waals surface area contributed by atoms with E-state index in [2.05, 4.69) is 10.3 Å². The molecule has 3 N–H and O–H groups in total. The summed E-state index contributed by atoms with van der Waals surface area (Å²) in [5, 5.41) is 30.7. The number of nitrogens with zero attached hydrogens (tertiary/aromatic N) is 3. The highest BCUT2D eigenvalue weighted by molar-refractivity contribution is 6.40. The molecule has 0 unspecified atom stereocenters. The zero-order valence-electron chi connectivity index (χ0n) is 7.55. The maximum absolute atomic E-state index is 8.68. The fourth-order valence-electron chi connectivity index (χ4n) is 0.923. The molecule has 6 nitrogen and oxygen atoms in total. The summed E-state index contributed by atoms with van der Waals surface area (Å²) in [5.74, 6) is 0.104. The monoisotopic (exact) mass is 194 g/mol. The van der Waals surface area contributed by atoms with Crippen LogP contribution in [-0.2, 0) is 0 Å². The normalized spacial score (nSPS) is 12.9. The molecule has 0 aliphatic carbocycles. The molecule has 0 amide bonds. The van der Waals surface area contributed by atoms with Gasteiger partial charge >= 0.3 is 0 Å². The first kappa shape index (κ1) is 9.97. The van der Waals surface area contributed by atoms with Crippen LogP contribution in [0.25, 0.3) is 0 Å². The summed E-state index contributed by atoms with van der Waals surface area (Å²) in [4.78, 5) is 0. The molecule has 74 valence electrons. The second-order valence-corrected chi connectivity index (χ2v) is 2.60. The summed E-state index contributed by atoms with van der Waals surface area (Å²) < 4.78 is 1.44. The van der Waals surface area contributed by atoms with Crippen molar-refractivity contribution >= 4 is 11.5 Å². The zero-order chi connectivity index (χ0) is 10.6. The van der Waals surface area contributed by atoms with Gasteiger partial charge in [0, 0.05) is 12.4 Å². The van der Waals surface area contributed by atoms with E-state index in [-0.39, 0.29) is 11.5 Å². The summed E-state index contributed by atoms with van der Waals surface area (Å²) >= 11 is 0. The summed E-state index contributed by atoms with van der Waals surface area (Å²) in [5.41, 5.74) is 0.176. The first-order chi connectivity index (χ1) is 6.69. The maximum Gasteiger partial charge on any atom is 0.200 e. The van der Waals surface area contributed by atoms with Crippen LogP contribution in [-0.4, -0.2) is 26.5 Å². The number of aromatic nitrogens is 1. The van der Waals surface area contributed by atoms with Gasteiger partial charge in [0.05, 0.1) is 5.36 Å². The molecular weight excluding hydrogens is 184 g/mol. The third-order valence-corrected chi connectivity index (χ3v) is 1.64. The Morgan fingerprint density at radius 1 is 1.29 bits per heavy atom. The molecule has 0 aromatic carbocycles. The van der Waals surface area contributed by atoms with Crippen LogP contribution in [0.1, 0.15) is 6.92 Å². The quantitative estimate of drug-likeness (QED) is 0.262. The van der Waals surface area contributed by atoms with Gasteiger partial charge in [0.1, 0.15) is 5.71 Å². The van der Waals surface area contributed by atoms with Crippen LogP contribution in [0.3, 0.4) is 0 Å². The van der Waals surface area contributed by atoms with E-state index in [1.807, 2.05) is 0 Å². The van der Waals surface area contributed by atoms with Crippen molar-refractivity contribution in [2.24, 2.45) is 10.3 Å². The summed E-state index contributed by atoms with van der Waals surface area (Å²) in [6.07, 6.45) is 3.07. The van der Waals surface area contributed by atoms with Crippen LogP contribution >= 0.6 is 0 Å². The van der Waals surface area contributed by atoms with E-state index in [0.29, 0.717) is 5.36 Å². The van der Waals surface area contributed by atoms with Crippen molar-refractivity contribution in [2.75, 3.05) is 0 Å². The van der Waals surface area contributed by atoms with Crippen LogP contribution in [0.2, 0.25) is 0 Å². The summed E-state index contributed by atoms with van der Waals surface area (Å²) in [7, 11) is 0. The number of rotatable bonds is 1. The Hall–Kier alpha value is -2.11. The lowest BCUT2D eigenvalue weighted by atomic mass is 10.3. The van der Waals surface area contributed by atoms with Crippen LogP contribution in [0.5, 0.6) is 0 Å². The molecule has 0 aliphatic rings. The highest BCUT2D eigenvalue weighted by Crippen LogP contribution is 1.90.